The topological polar surface area (TPSA) is 116 Å². The molecule has 1 aromatic carbocycles. The van der Waals surface area contributed by atoms with Gasteiger partial charge in [-0.3, -0.25) is 9.59 Å². The van der Waals surface area contributed by atoms with Gasteiger partial charge in [-0.2, -0.15) is 4.31 Å². The molecule has 1 amide bonds. The molecule has 3 saturated heterocycles. The van der Waals surface area contributed by atoms with E-state index >= 15 is 0 Å². The third-order valence-corrected chi connectivity index (χ3v) is 8.31. The van der Waals surface area contributed by atoms with E-state index in [1.807, 2.05) is 0 Å². The van der Waals surface area contributed by atoms with Crippen molar-refractivity contribution in [3.05, 3.63) is 24.3 Å². The van der Waals surface area contributed by atoms with E-state index in [1.54, 1.807) is 0 Å². The van der Waals surface area contributed by atoms with Gasteiger partial charge < -0.3 is 20.1 Å². The highest BCUT2D eigenvalue weighted by atomic mass is 32.2. The van der Waals surface area contributed by atoms with Gasteiger partial charge in [0.25, 0.3) is 0 Å². The summed E-state index contributed by atoms with van der Waals surface area (Å²) >= 11 is 0. The molecule has 0 radical (unpaired) electrons. The number of piperazine rings is 1. The van der Waals surface area contributed by atoms with Crippen LogP contribution < -0.4 is 5.32 Å². The fraction of sp³-hybridized carbons (Fsp3) is 0.600. The number of hydrogen-bond acceptors (Lipinski definition) is 6. The average Bonchev–Trinajstić information content (AvgIpc) is 3.36. The summed E-state index contributed by atoms with van der Waals surface area (Å²) in [4.78, 5) is 26.7. The minimum atomic E-state index is -3.59. The van der Waals surface area contributed by atoms with Gasteiger partial charge in [-0.05, 0) is 43.7 Å². The number of nitrogens with one attached hydrogen (secondary N) is 1. The van der Waals surface area contributed by atoms with E-state index in [1.165, 1.54) is 28.6 Å². The van der Waals surface area contributed by atoms with Gasteiger partial charge in [0.15, 0.2) is 0 Å². The molecule has 0 aromatic heterocycles. The monoisotopic (exact) mass is 437 g/mol. The molecule has 10 heteroatoms. The van der Waals surface area contributed by atoms with E-state index < -0.39 is 39.8 Å². The maximum atomic E-state index is 12.9. The zero-order chi connectivity index (χ0) is 21.5. The lowest BCUT2D eigenvalue weighted by Crippen LogP contribution is -2.48. The molecule has 2 unspecified atom stereocenters. The van der Waals surface area contributed by atoms with Crippen molar-refractivity contribution < 1.29 is 27.9 Å². The first-order chi connectivity index (χ1) is 14.3. The summed E-state index contributed by atoms with van der Waals surface area (Å²) < 4.78 is 32.9. The van der Waals surface area contributed by atoms with Crippen molar-refractivity contribution in [1.82, 2.24) is 9.21 Å². The van der Waals surface area contributed by atoms with Crippen LogP contribution in [0.4, 0.5) is 5.69 Å². The molecule has 9 nitrogen and oxygen atoms in total. The Hall–Kier alpha value is -2.01. The van der Waals surface area contributed by atoms with Gasteiger partial charge in [0.2, 0.25) is 15.9 Å². The van der Waals surface area contributed by atoms with E-state index in [-0.39, 0.29) is 11.0 Å². The highest BCUT2D eigenvalue weighted by Crippen LogP contribution is 2.44. The van der Waals surface area contributed by atoms with E-state index in [4.69, 9.17) is 4.74 Å². The largest absolute Gasteiger partial charge is 0.481 e. The molecule has 3 aliphatic heterocycles. The molecule has 2 bridgehead atoms. The van der Waals surface area contributed by atoms with Crippen LogP contribution >= 0.6 is 0 Å². The van der Waals surface area contributed by atoms with E-state index in [2.05, 4.69) is 17.1 Å². The Morgan fingerprint density at radius 1 is 1.07 bits per heavy atom. The lowest BCUT2D eigenvalue weighted by Gasteiger charge is -2.33. The highest BCUT2D eigenvalue weighted by molar-refractivity contribution is 7.89. The number of carbonyl (C=O) groups is 2. The summed E-state index contributed by atoms with van der Waals surface area (Å²) in [6, 6.07) is 6.03. The van der Waals surface area contributed by atoms with Crippen LogP contribution in [0.2, 0.25) is 0 Å². The Bertz CT molecular complexity index is 911. The Kier molecular flexibility index (Phi) is 5.84. The number of hydrogen-bond donors (Lipinski definition) is 2. The number of benzene rings is 1. The quantitative estimate of drug-likeness (QED) is 0.677. The number of sulfonamides is 1. The minimum absolute atomic E-state index is 0.178. The Morgan fingerprint density at radius 2 is 1.67 bits per heavy atom. The van der Waals surface area contributed by atoms with Crippen LogP contribution in [0.25, 0.3) is 0 Å². The van der Waals surface area contributed by atoms with Gasteiger partial charge in [0.1, 0.15) is 0 Å². The van der Waals surface area contributed by atoms with Crippen LogP contribution in [0, 0.1) is 11.8 Å². The highest BCUT2D eigenvalue weighted by Gasteiger charge is 2.55. The molecule has 0 spiro atoms. The number of carboxylic acids is 1. The molecule has 4 rings (SSSR count). The first-order valence-electron chi connectivity index (χ1n) is 10.3. The van der Waals surface area contributed by atoms with Crippen molar-refractivity contribution in [2.24, 2.45) is 11.8 Å². The summed E-state index contributed by atoms with van der Waals surface area (Å²) in [7, 11) is -3.59. The SMILES string of the molecule is CCN1CCN(S(=O)(=O)c2ccc(NC(=O)C3C(C(=O)O)[C@H]4CC[C@@H]3O4)cc2)CC1. The molecular weight excluding hydrogens is 410 g/mol. The summed E-state index contributed by atoms with van der Waals surface area (Å²) in [5, 5.41) is 12.2. The second kappa shape index (κ2) is 8.26. The van der Waals surface area contributed by atoms with Crippen LogP contribution in [-0.2, 0) is 24.3 Å². The van der Waals surface area contributed by atoms with E-state index in [0.29, 0.717) is 44.7 Å². The molecule has 1 aromatic rings. The molecule has 3 heterocycles. The zero-order valence-corrected chi connectivity index (χ0v) is 17.7. The fourth-order valence-electron chi connectivity index (χ4n) is 4.70. The van der Waals surface area contributed by atoms with Gasteiger partial charge in [-0.1, -0.05) is 6.92 Å². The molecule has 3 fully saturated rings. The lowest BCUT2D eigenvalue weighted by molar-refractivity contribution is -0.147. The summed E-state index contributed by atoms with van der Waals surface area (Å²) in [6.07, 6.45) is 0.543. The maximum absolute atomic E-state index is 12.9. The van der Waals surface area contributed by atoms with Crippen molar-refractivity contribution in [2.45, 2.75) is 36.9 Å². The predicted molar refractivity (Wildman–Crippen MR) is 108 cm³/mol. The van der Waals surface area contributed by atoms with Crippen molar-refractivity contribution >= 4 is 27.6 Å². The van der Waals surface area contributed by atoms with Crippen LogP contribution in [0.5, 0.6) is 0 Å². The van der Waals surface area contributed by atoms with Gasteiger partial charge in [0.05, 0.1) is 28.9 Å². The third kappa shape index (κ3) is 3.84. The Labute approximate surface area is 176 Å². The number of rotatable bonds is 6. The molecular formula is C20H27N3O6S. The number of aliphatic carboxylic acids is 1. The number of likely N-dealkylation sites (N-methyl/N-ethyl adjacent to an activating group) is 1. The summed E-state index contributed by atoms with van der Waals surface area (Å²) in [5.74, 6) is -3.00. The molecule has 4 atom stereocenters. The molecule has 164 valence electrons. The van der Waals surface area contributed by atoms with Gasteiger partial charge in [0, 0.05) is 31.9 Å². The number of anilines is 1. The number of ether oxygens (including phenoxy) is 1. The number of carboxylic acid groups (broad SMARTS) is 1. The van der Waals surface area contributed by atoms with Crippen LogP contribution in [0.15, 0.2) is 29.2 Å². The second-order valence-corrected chi connectivity index (χ2v) is 9.97. The average molecular weight is 438 g/mol. The number of carbonyl (C=O) groups excluding carboxylic acids is 1. The van der Waals surface area contributed by atoms with Crippen LogP contribution in [0.1, 0.15) is 19.8 Å². The second-order valence-electron chi connectivity index (χ2n) is 8.03. The summed E-state index contributed by atoms with van der Waals surface area (Å²) in [6.45, 7) is 5.28. The van der Waals surface area contributed by atoms with E-state index in [9.17, 15) is 23.1 Å². The maximum Gasteiger partial charge on any atom is 0.310 e. The molecule has 0 aliphatic carbocycles. The minimum Gasteiger partial charge on any atom is -0.481 e. The van der Waals surface area contributed by atoms with Gasteiger partial charge in [-0.15, -0.1) is 0 Å². The van der Waals surface area contributed by atoms with Gasteiger partial charge in [-0.25, -0.2) is 8.42 Å². The zero-order valence-electron chi connectivity index (χ0n) is 16.9. The summed E-state index contributed by atoms with van der Waals surface area (Å²) in [5.41, 5.74) is 0.432. The third-order valence-electron chi connectivity index (χ3n) is 6.40. The molecule has 3 aliphatic rings. The van der Waals surface area contributed by atoms with Crippen LogP contribution in [-0.4, -0.2) is 79.5 Å². The Balaban J connectivity index is 1.42. The molecule has 0 saturated carbocycles. The molecule has 30 heavy (non-hydrogen) atoms. The smallest absolute Gasteiger partial charge is 0.310 e. The van der Waals surface area contributed by atoms with Crippen LogP contribution in [0.3, 0.4) is 0 Å². The number of amides is 1. The number of fused-ring (bicyclic) bond motifs is 2. The van der Waals surface area contributed by atoms with Crippen molar-refractivity contribution in [3.63, 3.8) is 0 Å². The first-order valence-corrected chi connectivity index (χ1v) is 11.8. The van der Waals surface area contributed by atoms with Gasteiger partial charge >= 0.3 is 5.97 Å². The standard InChI is InChI=1S/C20H27N3O6S/c1-2-22-9-11-23(12-10-22)30(27,28)14-5-3-13(4-6-14)21-19(24)17-15-7-8-16(29-15)18(17)20(25)26/h3-6,15-18H,2,7-12H2,1H3,(H,21,24)(H,25,26)/t15-,16+,17?,18?/m0/s1. The predicted octanol–water partition coefficient (Wildman–Crippen LogP) is 0.830. The number of nitrogens with zero attached hydrogens (tertiary/aromatic N) is 2. The lowest BCUT2D eigenvalue weighted by atomic mass is 9.78. The molecule has 2 N–H and O–H groups in total. The van der Waals surface area contributed by atoms with E-state index in [0.717, 1.165) is 6.54 Å². The fourth-order valence-corrected chi connectivity index (χ4v) is 6.12. The Morgan fingerprint density at radius 3 is 2.23 bits per heavy atom. The first kappa shape index (κ1) is 21.2. The normalized spacial score (nSPS) is 29.8. The van der Waals surface area contributed by atoms with Crippen molar-refractivity contribution in [2.75, 3.05) is 38.0 Å². The van der Waals surface area contributed by atoms with Crippen molar-refractivity contribution in [1.29, 1.82) is 0 Å². The van der Waals surface area contributed by atoms with Crippen molar-refractivity contribution in [3.8, 4) is 0 Å².